The molecule has 2 unspecified atom stereocenters. The van der Waals surface area contributed by atoms with E-state index in [2.05, 4.69) is 13.8 Å². The summed E-state index contributed by atoms with van der Waals surface area (Å²) in [5.74, 6) is 1.02. The Balaban J connectivity index is 2.23. The average Bonchev–Trinajstić information content (AvgIpc) is 2.29. The van der Waals surface area contributed by atoms with Crippen molar-refractivity contribution in [2.45, 2.75) is 49.9 Å². The zero-order chi connectivity index (χ0) is 9.19. The van der Waals surface area contributed by atoms with E-state index in [-0.39, 0.29) is 5.54 Å². The van der Waals surface area contributed by atoms with Gasteiger partial charge in [0.05, 0.1) is 0 Å². The third-order valence-corrected chi connectivity index (χ3v) is 4.10. The van der Waals surface area contributed by atoms with Crippen molar-refractivity contribution < 1.29 is 0 Å². The van der Waals surface area contributed by atoms with Crippen molar-refractivity contribution in [1.82, 2.24) is 0 Å². The molecule has 0 amide bonds. The van der Waals surface area contributed by atoms with Crippen LogP contribution in [0, 0.1) is 0 Å². The molecule has 1 rings (SSSR count). The van der Waals surface area contributed by atoms with Crippen LogP contribution in [-0.2, 0) is 0 Å². The maximum absolute atomic E-state index is 5.95. The van der Waals surface area contributed by atoms with Crippen molar-refractivity contribution >= 4 is 11.8 Å². The third-order valence-electron chi connectivity index (χ3n) is 2.17. The number of hydrogen-bond acceptors (Lipinski definition) is 3. The molecule has 0 spiro atoms. The minimum Gasteiger partial charge on any atom is -0.327 e. The standard InChI is InChI=1S/C9H20N2S/c1-9(2,11)6-12-8-5-3-4-7(8)10/h7-8H,3-6,10-11H2,1-2H3. The zero-order valence-corrected chi connectivity index (χ0v) is 8.86. The largest absolute Gasteiger partial charge is 0.327 e. The highest BCUT2D eigenvalue weighted by Crippen LogP contribution is 2.30. The molecule has 4 N–H and O–H groups in total. The first-order chi connectivity index (χ1) is 5.49. The molecular weight excluding hydrogens is 168 g/mol. The quantitative estimate of drug-likeness (QED) is 0.702. The second-order valence-electron chi connectivity index (χ2n) is 4.43. The van der Waals surface area contributed by atoms with Gasteiger partial charge in [0, 0.05) is 22.6 Å². The fourth-order valence-electron chi connectivity index (χ4n) is 1.48. The Morgan fingerprint density at radius 1 is 1.42 bits per heavy atom. The van der Waals surface area contributed by atoms with Gasteiger partial charge in [-0.3, -0.25) is 0 Å². The Hall–Kier alpha value is 0.270. The molecule has 0 heterocycles. The maximum Gasteiger partial charge on any atom is 0.0199 e. The van der Waals surface area contributed by atoms with E-state index in [0.717, 1.165) is 5.75 Å². The Kier molecular flexibility index (Phi) is 3.44. The van der Waals surface area contributed by atoms with Crippen molar-refractivity contribution in [2.24, 2.45) is 11.5 Å². The second-order valence-corrected chi connectivity index (χ2v) is 5.66. The van der Waals surface area contributed by atoms with Crippen LogP contribution in [-0.4, -0.2) is 22.6 Å². The highest BCUT2D eigenvalue weighted by Gasteiger charge is 2.25. The minimum absolute atomic E-state index is 0.0486. The van der Waals surface area contributed by atoms with Crippen molar-refractivity contribution in [3.05, 3.63) is 0 Å². The predicted molar refractivity (Wildman–Crippen MR) is 56.3 cm³/mol. The van der Waals surface area contributed by atoms with Crippen molar-refractivity contribution in [3.8, 4) is 0 Å². The summed E-state index contributed by atoms with van der Waals surface area (Å²) in [5, 5.41) is 0.660. The molecule has 12 heavy (non-hydrogen) atoms. The molecule has 2 atom stereocenters. The molecule has 1 fully saturated rings. The van der Waals surface area contributed by atoms with Gasteiger partial charge in [0.25, 0.3) is 0 Å². The first-order valence-corrected chi connectivity index (χ1v) is 5.70. The van der Waals surface area contributed by atoms with E-state index in [4.69, 9.17) is 11.5 Å². The molecule has 1 aliphatic rings. The van der Waals surface area contributed by atoms with Crippen LogP contribution < -0.4 is 11.5 Å². The Labute approximate surface area is 79.5 Å². The Morgan fingerprint density at radius 3 is 2.50 bits per heavy atom. The topological polar surface area (TPSA) is 52.0 Å². The van der Waals surface area contributed by atoms with E-state index in [1.165, 1.54) is 19.3 Å². The molecule has 0 aromatic carbocycles. The van der Waals surface area contributed by atoms with Crippen molar-refractivity contribution in [2.75, 3.05) is 5.75 Å². The van der Waals surface area contributed by atoms with Gasteiger partial charge in [-0.05, 0) is 26.7 Å². The van der Waals surface area contributed by atoms with Gasteiger partial charge in [-0.15, -0.1) is 0 Å². The van der Waals surface area contributed by atoms with E-state index in [1.807, 2.05) is 11.8 Å². The number of hydrogen-bond donors (Lipinski definition) is 2. The van der Waals surface area contributed by atoms with Crippen LogP contribution in [0.4, 0.5) is 0 Å². The number of thioether (sulfide) groups is 1. The van der Waals surface area contributed by atoms with Crippen LogP contribution >= 0.6 is 11.8 Å². The molecule has 0 aromatic rings. The van der Waals surface area contributed by atoms with Crippen LogP contribution in [0.5, 0.6) is 0 Å². The fraction of sp³-hybridized carbons (Fsp3) is 1.00. The van der Waals surface area contributed by atoms with Crippen LogP contribution in [0.1, 0.15) is 33.1 Å². The van der Waals surface area contributed by atoms with Gasteiger partial charge in [0.15, 0.2) is 0 Å². The molecule has 2 nitrogen and oxygen atoms in total. The van der Waals surface area contributed by atoms with Crippen LogP contribution in [0.3, 0.4) is 0 Å². The first kappa shape index (κ1) is 10.4. The molecule has 1 saturated carbocycles. The summed E-state index contributed by atoms with van der Waals surface area (Å²) in [7, 11) is 0. The number of rotatable bonds is 3. The molecule has 0 aromatic heterocycles. The average molecular weight is 188 g/mol. The van der Waals surface area contributed by atoms with E-state index in [1.54, 1.807) is 0 Å². The summed E-state index contributed by atoms with van der Waals surface area (Å²) in [6.45, 7) is 4.14. The predicted octanol–water partition coefficient (Wildman–Crippen LogP) is 1.34. The molecule has 72 valence electrons. The second kappa shape index (κ2) is 3.99. The van der Waals surface area contributed by atoms with E-state index < -0.39 is 0 Å². The summed E-state index contributed by atoms with van der Waals surface area (Å²) < 4.78 is 0. The summed E-state index contributed by atoms with van der Waals surface area (Å²) >= 11 is 1.95. The molecule has 1 aliphatic carbocycles. The lowest BCUT2D eigenvalue weighted by Gasteiger charge is -2.22. The summed E-state index contributed by atoms with van der Waals surface area (Å²) in [5.41, 5.74) is 11.8. The summed E-state index contributed by atoms with van der Waals surface area (Å²) in [6.07, 6.45) is 3.77. The highest BCUT2D eigenvalue weighted by atomic mass is 32.2. The van der Waals surface area contributed by atoms with Gasteiger partial charge in [-0.2, -0.15) is 11.8 Å². The molecule has 3 heteroatoms. The number of nitrogens with two attached hydrogens (primary N) is 2. The van der Waals surface area contributed by atoms with Crippen LogP contribution in [0.25, 0.3) is 0 Å². The minimum atomic E-state index is -0.0486. The molecule has 0 radical (unpaired) electrons. The normalized spacial score (nSPS) is 31.0. The zero-order valence-electron chi connectivity index (χ0n) is 8.05. The summed E-state index contributed by atoms with van der Waals surface area (Å²) in [6, 6.07) is 0.414. The molecule has 0 aliphatic heterocycles. The Bertz CT molecular complexity index is 142. The monoisotopic (exact) mass is 188 g/mol. The van der Waals surface area contributed by atoms with E-state index in [0.29, 0.717) is 11.3 Å². The van der Waals surface area contributed by atoms with Crippen LogP contribution in [0.15, 0.2) is 0 Å². The van der Waals surface area contributed by atoms with Crippen molar-refractivity contribution in [3.63, 3.8) is 0 Å². The lowest BCUT2D eigenvalue weighted by molar-refractivity contribution is 0.588. The van der Waals surface area contributed by atoms with Gasteiger partial charge >= 0.3 is 0 Å². The van der Waals surface area contributed by atoms with Crippen LogP contribution in [0.2, 0.25) is 0 Å². The van der Waals surface area contributed by atoms with Crippen molar-refractivity contribution in [1.29, 1.82) is 0 Å². The fourth-order valence-corrected chi connectivity index (χ4v) is 2.84. The lowest BCUT2D eigenvalue weighted by Crippen LogP contribution is -2.37. The van der Waals surface area contributed by atoms with Gasteiger partial charge in [0.2, 0.25) is 0 Å². The third kappa shape index (κ3) is 3.33. The van der Waals surface area contributed by atoms with E-state index in [9.17, 15) is 0 Å². The van der Waals surface area contributed by atoms with Gasteiger partial charge < -0.3 is 11.5 Å². The molecular formula is C9H20N2S. The first-order valence-electron chi connectivity index (χ1n) is 4.65. The highest BCUT2D eigenvalue weighted by molar-refractivity contribution is 8.00. The van der Waals surface area contributed by atoms with Gasteiger partial charge in [-0.25, -0.2) is 0 Å². The smallest absolute Gasteiger partial charge is 0.0199 e. The molecule has 0 saturated heterocycles. The molecule has 0 bridgehead atoms. The summed E-state index contributed by atoms with van der Waals surface area (Å²) in [4.78, 5) is 0. The SMILES string of the molecule is CC(C)(N)CSC1CCCC1N. The Morgan fingerprint density at radius 2 is 2.08 bits per heavy atom. The van der Waals surface area contributed by atoms with Gasteiger partial charge in [-0.1, -0.05) is 6.42 Å². The maximum atomic E-state index is 5.95. The lowest BCUT2D eigenvalue weighted by atomic mass is 10.1. The van der Waals surface area contributed by atoms with Gasteiger partial charge in [0.1, 0.15) is 0 Å². The van der Waals surface area contributed by atoms with E-state index >= 15 is 0 Å².